The molecule has 1 fully saturated rings. The molecule has 0 bridgehead atoms. The summed E-state index contributed by atoms with van der Waals surface area (Å²) in [7, 11) is 1.85. The molecule has 66 valence electrons. The summed E-state index contributed by atoms with van der Waals surface area (Å²) in [5.74, 6) is -3.19. The van der Waals surface area contributed by atoms with Crippen LogP contribution in [0.25, 0.3) is 0 Å². The third-order valence-corrected chi connectivity index (χ3v) is 2.24. The van der Waals surface area contributed by atoms with Crippen LogP contribution in [0.2, 0.25) is 0 Å². The van der Waals surface area contributed by atoms with Gasteiger partial charge in [0.1, 0.15) is 0 Å². The van der Waals surface area contributed by atoms with E-state index in [0.29, 0.717) is 13.1 Å². The fourth-order valence-corrected chi connectivity index (χ4v) is 1.39. The zero-order chi connectivity index (χ0) is 8.48. The van der Waals surface area contributed by atoms with Crippen LogP contribution in [0.3, 0.4) is 0 Å². The fourth-order valence-electron chi connectivity index (χ4n) is 1.39. The van der Waals surface area contributed by atoms with Crippen LogP contribution in [0.4, 0.5) is 8.78 Å². The molecule has 1 atom stereocenters. The Balaban J connectivity index is 2.56. The van der Waals surface area contributed by atoms with Crippen LogP contribution >= 0.6 is 0 Å². The van der Waals surface area contributed by atoms with Gasteiger partial charge in [0.05, 0.1) is 0 Å². The van der Waals surface area contributed by atoms with E-state index in [4.69, 9.17) is 5.73 Å². The van der Waals surface area contributed by atoms with Gasteiger partial charge in [-0.25, -0.2) is 8.78 Å². The quantitative estimate of drug-likeness (QED) is 0.612. The summed E-state index contributed by atoms with van der Waals surface area (Å²) in [5.41, 5.74) is 5.23. The lowest BCUT2D eigenvalue weighted by atomic mass is 9.94. The predicted molar refractivity (Wildman–Crippen MR) is 39.6 cm³/mol. The van der Waals surface area contributed by atoms with Crippen LogP contribution in [0.5, 0.6) is 0 Å². The summed E-state index contributed by atoms with van der Waals surface area (Å²) in [6.45, 7) is 0.977. The van der Waals surface area contributed by atoms with E-state index in [9.17, 15) is 8.78 Å². The SMILES string of the molecule is CN1CCC(F)(F)C(CN)C1. The summed E-state index contributed by atoms with van der Waals surface area (Å²) in [4.78, 5) is 1.90. The zero-order valence-corrected chi connectivity index (χ0v) is 6.69. The Labute approximate surface area is 65.4 Å². The second kappa shape index (κ2) is 3.03. The third-order valence-electron chi connectivity index (χ3n) is 2.24. The molecule has 0 radical (unpaired) electrons. The molecule has 1 aliphatic rings. The van der Waals surface area contributed by atoms with Crippen molar-refractivity contribution < 1.29 is 8.78 Å². The molecular weight excluding hydrogens is 150 g/mol. The highest BCUT2D eigenvalue weighted by Gasteiger charge is 2.41. The number of nitrogens with two attached hydrogens (primary N) is 1. The van der Waals surface area contributed by atoms with Crippen molar-refractivity contribution in [3.63, 3.8) is 0 Å². The van der Waals surface area contributed by atoms with Gasteiger partial charge in [-0.15, -0.1) is 0 Å². The van der Waals surface area contributed by atoms with E-state index in [2.05, 4.69) is 0 Å². The van der Waals surface area contributed by atoms with Gasteiger partial charge in [0.15, 0.2) is 0 Å². The molecule has 0 aliphatic carbocycles. The Bertz CT molecular complexity index is 138. The van der Waals surface area contributed by atoms with Gasteiger partial charge in [0.25, 0.3) is 5.92 Å². The number of rotatable bonds is 1. The van der Waals surface area contributed by atoms with Crippen molar-refractivity contribution in [1.29, 1.82) is 0 Å². The second-order valence-electron chi connectivity index (χ2n) is 3.21. The topological polar surface area (TPSA) is 29.3 Å². The van der Waals surface area contributed by atoms with Crippen LogP contribution in [0.1, 0.15) is 6.42 Å². The number of hydrogen-bond acceptors (Lipinski definition) is 2. The maximum atomic E-state index is 12.9. The summed E-state index contributed by atoms with van der Waals surface area (Å²) in [6, 6.07) is 0. The normalized spacial score (nSPS) is 32.2. The highest BCUT2D eigenvalue weighted by Crippen LogP contribution is 2.31. The zero-order valence-electron chi connectivity index (χ0n) is 6.69. The molecule has 0 aromatic heterocycles. The van der Waals surface area contributed by atoms with E-state index in [-0.39, 0.29) is 13.0 Å². The molecule has 0 spiro atoms. The molecule has 2 nitrogen and oxygen atoms in total. The van der Waals surface area contributed by atoms with Gasteiger partial charge in [0, 0.05) is 32.0 Å². The molecule has 0 aromatic carbocycles. The average Bonchev–Trinajstić information content (AvgIpc) is 1.94. The van der Waals surface area contributed by atoms with E-state index in [0.717, 1.165) is 0 Å². The van der Waals surface area contributed by atoms with Crippen LogP contribution in [0, 0.1) is 5.92 Å². The molecule has 1 aliphatic heterocycles. The molecule has 0 aromatic rings. The highest BCUT2D eigenvalue weighted by atomic mass is 19.3. The van der Waals surface area contributed by atoms with Gasteiger partial charge in [-0.2, -0.15) is 0 Å². The summed E-state index contributed by atoms with van der Waals surface area (Å²) >= 11 is 0. The fraction of sp³-hybridized carbons (Fsp3) is 1.00. The lowest BCUT2D eigenvalue weighted by Crippen LogP contribution is -2.48. The monoisotopic (exact) mass is 164 g/mol. The van der Waals surface area contributed by atoms with Gasteiger partial charge in [0.2, 0.25) is 0 Å². The number of nitrogens with zero attached hydrogens (tertiary/aromatic N) is 1. The first-order valence-electron chi connectivity index (χ1n) is 3.82. The van der Waals surface area contributed by atoms with Crippen molar-refractivity contribution in [3.8, 4) is 0 Å². The highest BCUT2D eigenvalue weighted by molar-refractivity contribution is 4.85. The lowest BCUT2D eigenvalue weighted by Gasteiger charge is -2.35. The molecular formula is C7H14F2N2. The van der Waals surface area contributed by atoms with Gasteiger partial charge >= 0.3 is 0 Å². The summed E-state index contributed by atoms with van der Waals surface area (Å²) in [6.07, 6.45) is -0.0502. The van der Waals surface area contributed by atoms with E-state index < -0.39 is 11.8 Å². The van der Waals surface area contributed by atoms with Crippen LogP contribution < -0.4 is 5.73 Å². The van der Waals surface area contributed by atoms with Crippen molar-refractivity contribution in [2.24, 2.45) is 11.7 Å². The van der Waals surface area contributed by atoms with Crippen molar-refractivity contribution in [2.75, 3.05) is 26.7 Å². The molecule has 1 heterocycles. The number of alkyl halides is 2. The molecule has 0 saturated carbocycles. The summed E-state index contributed by atoms with van der Waals surface area (Å²) in [5, 5.41) is 0. The minimum absolute atomic E-state index is 0.0502. The molecule has 0 amide bonds. The molecule has 1 rings (SSSR count). The van der Waals surface area contributed by atoms with Gasteiger partial charge in [-0.3, -0.25) is 0 Å². The maximum absolute atomic E-state index is 12.9. The Kier molecular flexibility index (Phi) is 2.44. The predicted octanol–water partition coefficient (Wildman–Crippen LogP) is 0.532. The maximum Gasteiger partial charge on any atom is 0.254 e. The first-order chi connectivity index (χ1) is 5.06. The third kappa shape index (κ3) is 1.87. The lowest BCUT2D eigenvalue weighted by molar-refractivity contribution is -0.0976. The van der Waals surface area contributed by atoms with E-state index in [1.807, 2.05) is 11.9 Å². The van der Waals surface area contributed by atoms with Crippen molar-refractivity contribution >= 4 is 0 Å². The second-order valence-corrected chi connectivity index (χ2v) is 3.21. The van der Waals surface area contributed by atoms with Crippen molar-refractivity contribution in [3.05, 3.63) is 0 Å². The molecule has 11 heavy (non-hydrogen) atoms. The van der Waals surface area contributed by atoms with Gasteiger partial charge in [-0.1, -0.05) is 0 Å². The molecule has 1 saturated heterocycles. The standard InChI is InChI=1S/C7H14F2N2/c1-11-3-2-7(8,9)6(4-10)5-11/h6H,2-5,10H2,1H3. The van der Waals surface area contributed by atoms with E-state index >= 15 is 0 Å². The average molecular weight is 164 g/mol. The number of likely N-dealkylation sites (tertiary alicyclic amines) is 1. The number of hydrogen-bond donors (Lipinski definition) is 1. The molecule has 1 unspecified atom stereocenters. The van der Waals surface area contributed by atoms with E-state index in [1.54, 1.807) is 0 Å². The van der Waals surface area contributed by atoms with Crippen molar-refractivity contribution in [1.82, 2.24) is 4.90 Å². The first kappa shape index (κ1) is 8.87. The van der Waals surface area contributed by atoms with Crippen LogP contribution in [-0.2, 0) is 0 Å². The largest absolute Gasteiger partial charge is 0.330 e. The minimum Gasteiger partial charge on any atom is -0.330 e. The van der Waals surface area contributed by atoms with Gasteiger partial charge < -0.3 is 10.6 Å². The Hall–Kier alpha value is -0.220. The van der Waals surface area contributed by atoms with Gasteiger partial charge in [-0.05, 0) is 7.05 Å². The Morgan fingerprint density at radius 3 is 2.73 bits per heavy atom. The molecule has 2 N–H and O–H groups in total. The Morgan fingerprint density at radius 2 is 2.27 bits per heavy atom. The molecule has 4 heteroatoms. The first-order valence-corrected chi connectivity index (χ1v) is 3.82. The Morgan fingerprint density at radius 1 is 1.64 bits per heavy atom. The van der Waals surface area contributed by atoms with E-state index in [1.165, 1.54) is 0 Å². The number of piperidine rings is 1. The van der Waals surface area contributed by atoms with Crippen LogP contribution in [-0.4, -0.2) is 37.5 Å². The van der Waals surface area contributed by atoms with Crippen LogP contribution in [0.15, 0.2) is 0 Å². The van der Waals surface area contributed by atoms with Crippen molar-refractivity contribution in [2.45, 2.75) is 12.3 Å². The minimum atomic E-state index is -2.54. The summed E-state index contributed by atoms with van der Waals surface area (Å²) < 4.78 is 25.9. The number of halogens is 2. The smallest absolute Gasteiger partial charge is 0.254 e.